The zero-order valence-corrected chi connectivity index (χ0v) is 13.3. The topological polar surface area (TPSA) is 56.5 Å². The van der Waals surface area contributed by atoms with Gasteiger partial charge in [0.15, 0.2) is 11.5 Å². The summed E-state index contributed by atoms with van der Waals surface area (Å²) in [6, 6.07) is 5.36. The van der Waals surface area contributed by atoms with E-state index in [-0.39, 0.29) is 6.61 Å². The Morgan fingerprint density at radius 2 is 2.10 bits per heavy atom. The predicted molar refractivity (Wildman–Crippen MR) is 78.9 cm³/mol. The lowest BCUT2D eigenvalue weighted by molar-refractivity contribution is 0.267. The number of methoxy groups -OCH3 is 1. The Labute approximate surface area is 126 Å². The van der Waals surface area contributed by atoms with Crippen molar-refractivity contribution in [1.29, 1.82) is 0 Å². The van der Waals surface area contributed by atoms with Gasteiger partial charge in [-0.3, -0.25) is 4.68 Å². The van der Waals surface area contributed by atoms with Crippen LogP contribution in [0.5, 0.6) is 11.5 Å². The molecule has 2 aromatic rings. The molecule has 0 saturated carbocycles. The van der Waals surface area contributed by atoms with E-state index in [9.17, 15) is 5.11 Å². The molecule has 6 heteroatoms. The molecule has 0 aliphatic heterocycles. The van der Waals surface area contributed by atoms with Crippen molar-refractivity contribution in [1.82, 2.24) is 9.78 Å². The van der Waals surface area contributed by atoms with Crippen molar-refractivity contribution in [3.8, 4) is 11.5 Å². The molecule has 0 aliphatic rings. The lowest BCUT2D eigenvalue weighted by Crippen LogP contribution is -2.04. The van der Waals surface area contributed by atoms with E-state index >= 15 is 0 Å². The van der Waals surface area contributed by atoms with Crippen LogP contribution < -0.4 is 9.47 Å². The molecule has 1 aromatic carbocycles. The first-order chi connectivity index (χ1) is 9.56. The first-order valence-corrected chi connectivity index (χ1v) is 6.94. The molecular weight excluding hydrogens is 324 g/mol. The number of aryl methyl sites for hydroxylation is 2. The molecule has 2 rings (SSSR count). The highest BCUT2D eigenvalue weighted by atomic mass is 79.9. The van der Waals surface area contributed by atoms with Crippen LogP contribution in [0.15, 0.2) is 22.7 Å². The van der Waals surface area contributed by atoms with E-state index in [0.717, 1.165) is 21.4 Å². The average molecular weight is 341 g/mol. The van der Waals surface area contributed by atoms with E-state index in [0.29, 0.717) is 18.1 Å². The summed E-state index contributed by atoms with van der Waals surface area (Å²) in [6.45, 7) is 2.26. The number of benzene rings is 1. The van der Waals surface area contributed by atoms with Crippen molar-refractivity contribution in [2.24, 2.45) is 7.05 Å². The van der Waals surface area contributed by atoms with Gasteiger partial charge in [-0.1, -0.05) is 6.07 Å². The van der Waals surface area contributed by atoms with E-state index in [1.807, 2.05) is 14.0 Å². The Kier molecular flexibility index (Phi) is 4.67. The van der Waals surface area contributed by atoms with Crippen molar-refractivity contribution in [2.75, 3.05) is 7.11 Å². The second-order valence-corrected chi connectivity index (χ2v) is 5.19. The first kappa shape index (κ1) is 14.9. The smallest absolute Gasteiger partial charge is 0.162 e. The van der Waals surface area contributed by atoms with Gasteiger partial charge >= 0.3 is 0 Å². The zero-order valence-electron chi connectivity index (χ0n) is 11.7. The average Bonchev–Trinajstić information content (AvgIpc) is 2.70. The molecule has 5 nitrogen and oxygen atoms in total. The minimum Gasteiger partial charge on any atom is -0.493 e. The number of hydrogen-bond donors (Lipinski definition) is 1. The summed E-state index contributed by atoms with van der Waals surface area (Å²) in [5, 5.41) is 13.5. The molecule has 0 fully saturated rings. The minimum absolute atomic E-state index is 0.0329. The van der Waals surface area contributed by atoms with Crippen molar-refractivity contribution in [3.05, 3.63) is 39.6 Å². The molecule has 0 amide bonds. The summed E-state index contributed by atoms with van der Waals surface area (Å²) >= 11 is 3.50. The maximum atomic E-state index is 9.18. The van der Waals surface area contributed by atoms with Crippen molar-refractivity contribution in [3.63, 3.8) is 0 Å². The maximum absolute atomic E-state index is 9.18. The van der Waals surface area contributed by atoms with Gasteiger partial charge in [-0.25, -0.2) is 0 Å². The number of aliphatic hydroxyl groups excluding tert-OH is 1. The second kappa shape index (κ2) is 6.28. The van der Waals surface area contributed by atoms with Crippen molar-refractivity contribution in [2.45, 2.75) is 20.1 Å². The quantitative estimate of drug-likeness (QED) is 0.908. The molecule has 1 N–H and O–H groups in total. The van der Waals surface area contributed by atoms with Gasteiger partial charge in [0.1, 0.15) is 6.61 Å². The van der Waals surface area contributed by atoms with Crippen LogP contribution in [0.3, 0.4) is 0 Å². The van der Waals surface area contributed by atoms with E-state index in [4.69, 9.17) is 9.47 Å². The van der Waals surface area contributed by atoms with E-state index in [2.05, 4.69) is 21.0 Å². The van der Waals surface area contributed by atoms with E-state index < -0.39 is 0 Å². The zero-order chi connectivity index (χ0) is 14.7. The minimum atomic E-state index is -0.0329. The number of aromatic nitrogens is 2. The van der Waals surface area contributed by atoms with Gasteiger partial charge in [0.2, 0.25) is 0 Å². The van der Waals surface area contributed by atoms with Gasteiger partial charge in [-0.2, -0.15) is 5.10 Å². The summed E-state index contributed by atoms with van der Waals surface area (Å²) in [6.07, 6.45) is 0. The summed E-state index contributed by atoms with van der Waals surface area (Å²) in [7, 11) is 3.46. The van der Waals surface area contributed by atoms with Crippen LogP contribution in [-0.2, 0) is 20.3 Å². The lowest BCUT2D eigenvalue weighted by Gasteiger charge is -2.12. The van der Waals surface area contributed by atoms with Gasteiger partial charge in [-0.05, 0) is 40.5 Å². The number of halogens is 1. The Balaban J connectivity index is 2.21. The van der Waals surface area contributed by atoms with Crippen molar-refractivity contribution < 1.29 is 14.6 Å². The lowest BCUT2D eigenvalue weighted by atomic mass is 10.2. The molecule has 20 heavy (non-hydrogen) atoms. The molecule has 0 saturated heterocycles. The Morgan fingerprint density at radius 1 is 1.35 bits per heavy atom. The molecular formula is C14H17BrN2O3. The van der Waals surface area contributed by atoms with Crippen LogP contribution in [0.1, 0.15) is 17.0 Å². The van der Waals surface area contributed by atoms with Gasteiger partial charge in [0.05, 0.1) is 29.6 Å². The molecule has 0 unspecified atom stereocenters. The third-order valence-corrected chi connectivity index (χ3v) is 4.07. The van der Waals surface area contributed by atoms with Gasteiger partial charge in [0, 0.05) is 7.05 Å². The molecule has 0 aliphatic carbocycles. The molecule has 0 radical (unpaired) electrons. The highest BCUT2D eigenvalue weighted by Gasteiger charge is 2.13. The van der Waals surface area contributed by atoms with E-state index in [1.54, 1.807) is 30.0 Å². The number of aliphatic hydroxyl groups is 1. The van der Waals surface area contributed by atoms with Gasteiger partial charge in [-0.15, -0.1) is 0 Å². The third-order valence-electron chi connectivity index (χ3n) is 3.04. The molecule has 0 atom stereocenters. The Hall–Kier alpha value is -1.53. The maximum Gasteiger partial charge on any atom is 0.162 e. The largest absolute Gasteiger partial charge is 0.493 e. The van der Waals surface area contributed by atoms with Crippen LogP contribution in [0.4, 0.5) is 0 Å². The van der Waals surface area contributed by atoms with Gasteiger partial charge in [0.25, 0.3) is 0 Å². The highest BCUT2D eigenvalue weighted by molar-refractivity contribution is 9.10. The van der Waals surface area contributed by atoms with Crippen LogP contribution in [-0.4, -0.2) is 22.0 Å². The molecule has 1 heterocycles. The van der Waals surface area contributed by atoms with Crippen LogP contribution in [0, 0.1) is 6.92 Å². The SMILES string of the molecule is COc1ccc(CO)cc1OCc1c(Br)c(C)nn1C. The predicted octanol–water partition coefficient (Wildman–Crippen LogP) is 2.57. The summed E-state index contributed by atoms with van der Waals surface area (Å²) in [5.41, 5.74) is 2.64. The second-order valence-electron chi connectivity index (χ2n) is 4.40. The normalized spacial score (nSPS) is 10.7. The molecule has 0 bridgehead atoms. The molecule has 0 spiro atoms. The summed E-state index contributed by atoms with van der Waals surface area (Å²) in [5.74, 6) is 1.24. The third kappa shape index (κ3) is 2.96. The van der Waals surface area contributed by atoms with Gasteiger partial charge < -0.3 is 14.6 Å². The van der Waals surface area contributed by atoms with Crippen molar-refractivity contribution >= 4 is 15.9 Å². The first-order valence-electron chi connectivity index (χ1n) is 6.15. The van der Waals surface area contributed by atoms with Crippen LogP contribution >= 0.6 is 15.9 Å². The summed E-state index contributed by atoms with van der Waals surface area (Å²) in [4.78, 5) is 0. The van der Waals surface area contributed by atoms with Crippen LogP contribution in [0.25, 0.3) is 0 Å². The highest BCUT2D eigenvalue weighted by Crippen LogP contribution is 2.30. The standard InChI is InChI=1S/C14H17BrN2O3/c1-9-14(15)11(17(2)16-9)8-20-13-6-10(7-18)4-5-12(13)19-3/h4-6,18H,7-8H2,1-3H3. The Morgan fingerprint density at radius 3 is 2.65 bits per heavy atom. The number of ether oxygens (including phenoxy) is 2. The molecule has 1 aromatic heterocycles. The fraction of sp³-hybridized carbons (Fsp3) is 0.357. The monoisotopic (exact) mass is 340 g/mol. The summed E-state index contributed by atoms with van der Waals surface area (Å²) < 4.78 is 13.8. The fourth-order valence-corrected chi connectivity index (χ4v) is 2.37. The number of nitrogens with zero attached hydrogens (tertiary/aromatic N) is 2. The van der Waals surface area contributed by atoms with E-state index in [1.165, 1.54) is 0 Å². The Bertz CT molecular complexity index is 611. The molecule has 108 valence electrons. The fourth-order valence-electron chi connectivity index (χ4n) is 1.92. The number of rotatable bonds is 5. The number of hydrogen-bond acceptors (Lipinski definition) is 4. The van der Waals surface area contributed by atoms with Crippen LogP contribution in [0.2, 0.25) is 0 Å².